The van der Waals surface area contributed by atoms with Crippen molar-refractivity contribution in [2.45, 2.75) is 32.7 Å². The van der Waals surface area contributed by atoms with Crippen molar-refractivity contribution in [3.8, 4) is 22.9 Å². The fraction of sp³-hybridized carbons (Fsp3) is 0.292. The molecule has 0 aliphatic heterocycles. The first-order valence-electron chi connectivity index (χ1n) is 10.3. The third kappa shape index (κ3) is 4.30. The third-order valence-electron chi connectivity index (χ3n) is 5.28. The highest BCUT2D eigenvalue weighted by atomic mass is 16.5. The van der Waals surface area contributed by atoms with Gasteiger partial charge in [0.15, 0.2) is 5.82 Å². The van der Waals surface area contributed by atoms with E-state index in [1.807, 2.05) is 24.3 Å². The molecule has 0 atom stereocenters. The fourth-order valence-electron chi connectivity index (χ4n) is 3.41. The van der Waals surface area contributed by atoms with Crippen LogP contribution in [0, 0.1) is 0 Å². The minimum Gasteiger partial charge on any atom is -0.497 e. The molecule has 2 N–H and O–H groups in total. The largest absolute Gasteiger partial charge is 0.497 e. The van der Waals surface area contributed by atoms with Gasteiger partial charge < -0.3 is 14.8 Å². The van der Waals surface area contributed by atoms with Crippen LogP contribution in [0.5, 0.6) is 11.5 Å². The summed E-state index contributed by atoms with van der Waals surface area (Å²) in [5, 5.41) is 6.30. The lowest BCUT2D eigenvalue weighted by molar-refractivity contribution is 0.395. The Morgan fingerprint density at radius 2 is 1.75 bits per heavy atom. The zero-order chi connectivity index (χ0) is 22.9. The smallest absolute Gasteiger partial charge is 0.274 e. The first-order valence-corrected chi connectivity index (χ1v) is 10.3. The zero-order valence-corrected chi connectivity index (χ0v) is 18.9. The van der Waals surface area contributed by atoms with Crippen LogP contribution in [-0.4, -0.2) is 33.8 Å². The van der Waals surface area contributed by atoms with Gasteiger partial charge in [0.25, 0.3) is 11.3 Å². The van der Waals surface area contributed by atoms with E-state index in [0.29, 0.717) is 35.3 Å². The predicted octanol–water partition coefficient (Wildman–Crippen LogP) is 4.01. The Kier molecular flexibility index (Phi) is 5.61. The number of hydrogen-bond donors (Lipinski definition) is 2. The Morgan fingerprint density at radius 3 is 2.41 bits per heavy atom. The lowest BCUT2D eigenvalue weighted by atomic mass is 9.87. The molecule has 32 heavy (non-hydrogen) atoms. The van der Waals surface area contributed by atoms with Gasteiger partial charge in [-0.15, -0.1) is 0 Å². The Hall–Kier alpha value is -3.81. The maximum Gasteiger partial charge on any atom is 0.274 e. The third-order valence-corrected chi connectivity index (χ3v) is 5.28. The zero-order valence-electron chi connectivity index (χ0n) is 18.9. The number of anilines is 1. The van der Waals surface area contributed by atoms with E-state index in [0.717, 1.165) is 11.3 Å². The molecule has 4 aromatic rings. The second kappa shape index (κ2) is 8.37. The normalized spacial score (nSPS) is 11.5. The van der Waals surface area contributed by atoms with Crippen LogP contribution in [0.15, 0.2) is 53.3 Å². The van der Waals surface area contributed by atoms with Gasteiger partial charge in [0.1, 0.15) is 11.5 Å². The molecule has 0 bridgehead atoms. The molecule has 0 fully saturated rings. The quantitative estimate of drug-likeness (QED) is 0.477. The molecule has 166 valence electrons. The molecular formula is C24H27N5O3. The number of nitrogens with zero attached hydrogens (tertiary/aromatic N) is 3. The molecule has 2 heterocycles. The highest BCUT2D eigenvalue weighted by Crippen LogP contribution is 2.29. The predicted molar refractivity (Wildman–Crippen MR) is 125 cm³/mol. The van der Waals surface area contributed by atoms with E-state index in [1.54, 1.807) is 20.3 Å². The Bertz CT molecular complexity index is 1300. The number of H-pyrrole nitrogens is 1. The Morgan fingerprint density at radius 1 is 1.00 bits per heavy atom. The summed E-state index contributed by atoms with van der Waals surface area (Å²) >= 11 is 0. The van der Waals surface area contributed by atoms with Crippen LogP contribution in [0.2, 0.25) is 0 Å². The van der Waals surface area contributed by atoms with Gasteiger partial charge in [-0.1, -0.05) is 45.0 Å². The lowest BCUT2D eigenvalue weighted by Crippen LogP contribution is -2.17. The van der Waals surface area contributed by atoms with Crippen LogP contribution in [0.1, 0.15) is 32.0 Å². The van der Waals surface area contributed by atoms with Crippen LogP contribution >= 0.6 is 0 Å². The molecule has 0 aliphatic rings. The van der Waals surface area contributed by atoms with E-state index >= 15 is 0 Å². The van der Waals surface area contributed by atoms with Crippen molar-refractivity contribution in [1.29, 1.82) is 0 Å². The average molecular weight is 434 g/mol. The number of benzene rings is 2. The monoisotopic (exact) mass is 433 g/mol. The van der Waals surface area contributed by atoms with Crippen LogP contribution in [0.3, 0.4) is 0 Å². The van der Waals surface area contributed by atoms with E-state index in [2.05, 4.69) is 53.3 Å². The summed E-state index contributed by atoms with van der Waals surface area (Å²) in [5.74, 6) is 2.26. The van der Waals surface area contributed by atoms with Crippen LogP contribution in [0.4, 0.5) is 5.69 Å². The minimum absolute atomic E-state index is 0.0688. The minimum atomic E-state index is -0.224. The summed E-state index contributed by atoms with van der Waals surface area (Å²) in [7, 11) is 3.20. The van der Waals surface area contributed by atoms with Crippen molar-refractivity contribution >= 4 is 11.5 Å². The first-order chi connectivity index (χ1) is 15.3. The number of methoxy groups -OCH3 is 2. The molecule has 0 unspecified atom stereocenters. The maximum absolute atomic E-state index is 12.6. The van der Waals surface area contributed by atoms with Gasteiger partial charge in [-0.05, 0) is 23.1 Å². The summed E-state index contributed by atoms with van der Waals surface area (Å²) in [5.41, 5.74) is 3.32. The number of aromatic amines is 1. The van der Waals surface area contributed by atoms with Crippen LogP contribution < -0.4 is 20.3 Å². The van der Waals surface area contributed by atoms with E-state index in [9.17, 15) is 4.79 Å². The molecule has 0 saturated carbocycles. The fourth-order valence-corrected chi connectivity index (χ4v) is 3.41. The van der Waals surface area contributed by atoms with E-state index < -0.39 is 0 Å². The van der Waals surface area contributed by atoms with E-state index in [4.69, 9.17) is 9.47 Å². The average Bonchev–Trinajstić information content (AvgIpc) is 3.22. The molecule has 0 radical (unpaired) electrons. The number of nitrogens with one attached hydrogen (secondary N) is 2. The number of ether oxygens (including phenoxy) is 2. The van der Waals surface area contributed by atoms with Gasteiger partial charge in [-0.3, -0.25) is 9.89 Å². The maximum atomic E-state index is 12.6. The number of fused-ring (bicyclic) bond motifs is 1. The molecule has 8 nitrogen and oxygen atoms in total. The van der Waals surface area contributed by atoms with Gasteiger partial charge in [0.2, 0.25) is 0 Å². The molecule has 8 heteroatoms. The van der Waals surface area contributed by atoms with Gasteiger partial charge in [0, 0.05) is 17.7 Å². The highest BCUT2D eigenvalue weighted by Gasteiger charge is 2.15. The van der Waals surface area contributed by atoms with E-state index in [1.165, 1.54) is 16.1 Å². The molecule has 4 rings (SSSR count). The SMILES string of the molecule is COc1ccc(NCc2cc(=O)n3[nH]c(-c4ccc(C(C)(C)C)cc4)nc3n2)c(OC)c1. The summed E-state index contributed by atoms with van der Waals surface area (Å²) in [4.78, 5) is 21.7. The number of hydrogen-bond acceptors (Lipinski definition) is 6. The van der Waals surface area contributed by atoms with Crippen molar-refractivity contribution in [2.75, 3.05) is 19.5 Å². The van der Waals surface area contributed by atoms with Crippen LogP contribution in [0.25, 0.3) is 17.2 Å². The standard InChI is InChI=1S/C24H27N5O3/c1-24(2,3)16-8-6-15(7-9-16)22-27-23-26-17(12-21(30)29(23)28-22)14-25-19-11-10-18(31-4)13-20(19)32-5/h6-13,25H,14H2,1-5H3,(H,26,27,28). The molecule has 0 spiro atoms. The van der Waals surface area contributed by atoms with Gasteiger partial charge >= 0.3 is 0 Å². The Balaban J connectivity index is 1.59. The second-order valence-electron chi connectivity index (χ2n) is 8.54. The summed E-state index contributed by atoms with van der Waals surface area (Å²) in [6.45, 7) is 6.86. The lowest BCUT2D eigenvalue weighted by Gasteiger charge is -2.18. The molecule has 0 aliphatic carbocycles. The van der Waals surface area contributed by atoms with Crippen molar-refractivity contribution in [1.82, 2.24) is 19.6 Å². The summed E-state index contributed by atoms with van der Waals surface area (Å²) < 4.78 is 12.0. The number of rotatable bonds is 6. The van der Waals surface area contributed by atoms with Gasteiger partial charge in [-0.2, -0.15) is 9.50 Å². The van der Waals surface area contributed by atoms with Crippen molar-refractivity contribution in [3.05, 3.63) is 70.1 Å². The van der Waals surface area contributed by atoms with E-state index in [-0.39, 0.29) is 11.0 Å². The summed E-state index contributed by atoms with van der Waals surface area (Å²) in [6.07, 6.45) is 0. The van der Waals surface area contributed by atoms with Crippen molar-refractivity contribution in [2.24, 2.45) is 0 Å². The molecular weight excluding hydrogens is 406 g/mol. The van der Waals surface area contributed by atoms with Crippen molar-refractivity contribution in [3.63, 3.8) is 0 Å². The summed E-state index contributed by atoms with van der Waals surface area (Å²) in [6, 6.07) is 15.1. The molecule has 0 saturated heterocycles. The topological polar surface area (TPSA) is 93.5 Å². The Labute approximate surface area is 186 Å². The van der Waals surface area contributed by atoms with Gasteiger partial charge in [-0.25, -0.2) is 4.98 Å². The molecule has 0 amide bonds. The second-order valence-corrected chi connectivity index (χ2v) is 8.54. The highest BCUT2D eigenvalue weighted by molar-refractivity contribution is 5.60. The van der Waals surface area contributed by atoms with Crippen molar-refractivity contribution < 1.29 is 9.47 Å². The van der Waals surface area contributed by atoms with Crippen LogP contribution in [-0.2, 0) is 12.0 Å². The van der Waals surface area contributed by atoms with Gasteiger partial charge in [0.05, 0.1) is 32.1 Å². The first kappa shape index (κ1) is 21.4. The molecule has 2 aromatic carbocycles. The number of aromatic nitrogens is 4. The molecule has 2 aromatic heterocycles.